The summed E-state index contributed by atoms with van der Waals surface area (Å²) in [6.45, 7) is 0. The lowest BCUT2D eigenvalue weighted by atomic mass is 9.70. The van der Waals surface area contributed by atoms with Crippen molar-refractivity contribution in [3.63, 3.8) is 0 Å². The zero-order chi connectivity index (χ0) is 27.6. The first-order valence-electron chi connectivity index (χ1n) is 11.7. The number of fused-ring (bicyclic) bond motifs is 3. The molecule has 5 unspecified atom stereocenters. The number of hydrogen-bond acceptors (Lipinski definition) is 6. The van der Waals surface area contributed by atoms with Crippen molar-refractivity contribution in [2.24, 2.45) is 5.92 Å². The molecule has 200 valence electrons. The number of aromatic nitrogens is 1. The fourth-order valence-electron chi connectivity index (χ4n) is 5.89. The second-order valence-corrected chi connectivity index (χ2v) is 9.99. The predicted molar refractivity (Wildman–Crippen MR) is 131 cm³/mol. The number of aliphatic hydroxyl groups is 2. The van der Waals surface area contributed by atoms with E-state index in [0.717, 1.165) is 12.1 Å². The zero-order valence-electron chi connectivity index (χ0n) is 20.5. The van der Waals surface area contributed by atoms with Crippen LogP contribution in [-0.4, -0.2) is 53.3 Å². The van der Waals surface area contributed by atoms with Gasteiger partial charge in [0.25, 0.3) is 0 Å². The first kappa shape index (κ1) is 26.3. The smallest absolute Gasteiger partial charge is 0.416 e. The number of aliphatic hydroxyl groups excluding tert-OH is 1. The molecule has 1 saturated carbocycles. The van der Waals surface area contributed by atoms with Crippen molar-refractivity contribution < 1.29 is 37.7 Å². The monoisotopic (exact) mass is 548 g/mol. The highest BCUT2D eigenvalue weighted by Gasteiger charge is 2.78. The molecule has 0 spiro atoms. The molecule has 1 aliphatic heterocycles. The summed E-state index contributed by atoms with van der Waals surface area (Å²) in [6.07, 6.45) is -6.38. The summed E-state index contributed by atoms with van der Waals surface area (Å²) in [5.74, 6) is -2.93. The van der Waals surface area contributed by atoms with Gasteiger partial charge in [-0.25, -0.2) is 4.98 Å². The number of alkyl halides is 3. The van der Waals surface area contributed by atoms with Crippen molar-refractivity contribution in [2.75, 3.05) is 21.2 Å². The first-order chi connectivity index (χ1) is 17.9. The Labute approximate surface area is 221 Å². The van der Waals surface area contributed by atoms with E-state index >= 15 is 0 Å². The summed E-state index contributed by atoms with van der Waals surface area (Å²) in [6, 6.07) is 14.1. The number of methoxy groups -OCH3 is 1. The van der Waals surface area contributed by atoms with Crippen molar-refractivity contribution >= 4 is 17.5 Å². The van der Waals surface area contributed by atoms with E-state index < -0.39 is 46.8 Å². The van der Waals surface area contributed by atoms with E-state index in [2.05, 4.69) is 4.98 Å². The van der Waals surface area contributed by atoms with Crippen molar-refractivity contribution in [3.05, 3.63) is 88.1 Å². The van der Waals surface area contributed by atoms with Gasteiger partial charge in [-0.15, -0.1) is 0 Å². The van der Waals surface area contributed by atoms with E-state index in [0.29, 0.717) is 5.56 Å². The maximum absolute atomic E-state index is 13.6. The van der Waals surface area contributed by atoms with Crippen LogP contribution < -0.4 is 9.47 Å². The quantitative estimate of drug-likeness (QED) is 0.477. The summed E-state index contributed by atoms with van der Waals surface area (Å²) < 4.78 is 52.2. The lowest BCUT2D eigenvalue weighted by Gasteiger charge is -2.40. The highest BCUT2D eigenvalue weighted by atomic mass is 35.5. The molecule has 11 heteroatoms. The van der Waals surface area contributed by atoms with Crippen LogP contribution in [0, 0.1) is 5.92 Å². The average molecular weight is 549 g/mol. The third-order valence-corrected chi connectivity index (χ3v) is 7.62. The molecule has 2 aliphatic rings. The van der Waals surface area contributed by atoms with Crippen molar-refractivity contribution in [1.29, 1.82) is 0 Å². The minimum atomic E-state index is -4.61. The van der Waals surface area contributed by atoms with Gasteiger partial charge in [-0.1, -0.05) is 54.1 Å². The third kappa shape index (κ3) is 3.50. The van der Waals surface area contributed by atoms with Crippen LogP contribution in [0.3, 0.4) is 0 Å². The minimum Gasteiger partial charge on any atom is -0.481 e. The van der Waals surface area contributed by atoms with Gasteiger partial charge in [-0.2, -0.15) is 13.2 Å². The topological polar surface area (TPSA) is 92.1 Å². The Morgan fingerprint density at radius 1 is 1.13 bits per heavy atom. The largest absolute Gasteiger partial charge is 0.481 e. The van der Waals surface area contributed by atoms with E-state index in [-0.39, 0.29) is 27.9 Å². The van der Waals surface area contributed by atoms with Crippen molar-refractivity contribution in [2.45, 2.75) is 29.4 Å². The molecular formula is C27H24ClF3N2O5. The molecule has 5 atom stereocenters. The number of nitrogens with zero attached hydrogens (tertiary/aromatic N) is 2. The summed E-state index contributed by atoms with van der Waals surface area (Å²) >= 11 is 6.18. The normalized spacial score (nSPS) is 27.9. The Morgan fingerprint density at radius 3 is 2.32 bits per heavy atom. The molecule has 3 aromatic rings. The molecule has 7 nitrogen and oxygen atoms in total. The average Bonchev–Trinajstić information content (AvgIpc) is 3.25. The van der Waals surface area contributed by atoms with Gasteiger partial charge in [0.15, 0.2) is 11.2 Å². The van der Waals surface area contributed by atoms with Crippen LogP contribution in [0.5, 0.6) is 11.6 Å². The maximum atomic E-state index is 13.6. The minimum absolute atomic E-state index is 0.0278. The van der Waals surface area contributed by atoms with Gasteiger partial charge < -0.3 is 24.6 Å². The number of carbonyl (C=O) groups is 1. The summed E-state index contributed by atoms with van der Waals surface area (Å²) in [7, 11) is 4.31. The third-order valence-electron chi connectivity index (χ3n) is 7.42. The Balaban J connectivity index is 1.88. The van der Waals surface area contributed by atoms with Crippen LogP contribution in [0.2, 0.25) is 5.15 Å². The van der Waals surface area contributed by atoms with E-state index in [1.165, 1.54) is 44.3 Å². The number of amides is 1. The number of benzene rings is 2. The fourth-order valence-corrected chi connectivity index (χ4v) is 6.07. The Morgan fingerprint density at radius 2 is 1.76 bits per heavy atom. The molecule has 1 aromatic heterocycles. The Hall–Kier alpha value is -3.34. The van der Waals surface area contributed by atoms with Crippen LogP contribution in [0.4, 0.5) is 13.2 Å². The number of carbonyl (C=O) groups excluding carboxylic acids is 1. The maximum Gasteiger partial charge on any atom is 0.416 e. The molecule has 2 aromatic carbocycles. The van der Waals surface area contributed by atoms with Crippen LogP contribution in [0.15, 0.2) is 60.7 Å². The molecular weight excluding hydrogens is 525 g/mol. The number of pyridine rings is 1. The molecule has 2 heterocycles. The lowest BCUT2D eigenvalue weighted by molar-refractivity contribution is -0.156. The number of hydrogen-bond donors (Lipinski definition) is 2. The molecule has 2 N–H and O–H groups in total. The molecule has 1 fully saturated rings. The second kappa shape index (κ2) is 8.86. The molecule has 38 heavy (non-hydrogen) atoms. The molecule has 0 saturated heterocycles. The van der Waals surface area contributed by atoms with Gasteiger partial charge in [0.1, 0.15) is 17.0 Å². The van der Waals surface area contributed by atoms with Gasteiger partial charge in [-0.3, -0.25) is 4.79 Å². The molecule has 1 amide bonds. The Bertz CT molecular complexity index is 1390. The van der Waals surface area contributed by atoms with Crippen LogP contribution in [-0.2, 0) is 22.2 Å². The predicted octanol–water partition coefficient (Wildman–Crippen LogP) is 4.10. The number of halogens is 4. The van der Waals surface area contributed by atoms with Gasteiger partial charge >= 0.3 is 6.18 Å². The van der Waals surface area contributed by atoms with Crippen LogP contribution >= 0.6 is 11.6 Å². The lowest BCUT2D eigenvalue weighted by Crippen LogP contribution is -2.52. The summed E-state index contributed by atoms with van der Waals surface area (Å²) in [5, 5.41) is 24.4. The molecule has 0 radical (unpaired) electrons. The van der Waals surface area contributed by atoms with E-state index in [1.54, 1.807) is 30.3 Å². The van der Waals surface area contributed by atoms with Gasteiger partial charge in [0, 0.05) is 26.1 Å². The molecule has 0 bridgehead atoms. The SMILES string of the molecule is COc1nc(Cl)cc2c1C1(O)C(O)C(C(=O)N(C)C)C(c3ccccc3)C1(c1ccc(C(F)(F)F)cc1)O2. The van der Waals surface area contributed by atoms with Crippen LogP contribution in [0.25, 0.3) is 0 Å². The number of rotatable bonds is 4. The molecule has 5 rings (SSSR count). The molecule has 1 aliphatic carbocycles. The van der Waals surface area contributed by atoms with E-state index in [1.807, 2.05) is 0 Å². The van der Waals surface area contributed by atoms with Crippen molar-refractivity contribution in [1.82, 2.24) is 9.88 Å². The summed E-state index contributed by atoms with van der Waals surface area (Å²) in [5.41, 5.74) is -4.66. The summed E-state index contributed by atoms with van der Waals surface area (Å²) in [4.78, 5) is 19.0. The second-order valence-electron chi connectivity index (χ2n) is 9.60. The highest BCUT2D eigenvalue weighted by molar-refractivity contribution is 6.29. The fraction of sp³-hybridized carbons (Fsp3) is 0.333. The standard InChI is InChI=1S/C27H24ClF3N2O5/c1-33(2)24(35)19-20(14-7-5-4-6-8-14)26(15-9-11-16(12-10-15)27(29,30)31)25(36,22(19)34)21-17(38-26)13-18(28)32-23(21)37-3/h4-13,19-20,22,34,36H,1-3H3. The van der Waals surface area contributed by atoms with Gasteiger partial charge in [0.2, 0.25) is 11.8 Å². The van der Waals surface area contributed by atoms with E-state index in [9.17, 15) is 28.2 Å². The van der Waals surface area contributed by atoms with E-state index in [4.69, 9.17) is 21.1 Å². The van der Waals surface area contributed by atoms with Crippen molar-refractivity contribution in [3.8, 4) is 11.6 Å². The number of ether oxygens (including phenoxy) is 2. The first-order valence-corrected chi connectivity index (χ1v) is 12.0. The highest BCUT2D eigenvalue weighted by Crippen LogP contribution is 2.70. The van der Waals surface area contributed by atoms with Crippen LogP contribution in [0.1, 0.15) is 28.2 Å². The zero-order valence-corrected chi connectivity index (χ0v) is 21.3. The van der Waals surface area contributed by atoms with Gasteiger partial charge in [0.05, 0.1) is 24.2 Å². The Kier molecular flexibility index (Phi) is 6.13. The van der Waals surface area contributed by atoms with Gasteiger partial charge in [-0.05, 0) is 23.3 Å².